The summed E-state index contributed by atoms with van der Waals surface area (Å²) in [7, 11) is 0. The molecular weight excluding hydrogens is 316 g/mol. The highest BCUT2D eigenvalue weighted by molar-refractivity contribution is 5.79. The highest BCUT2D eigenvalue weighted by Gasteiger charge is 2.35. The molecule has 3 heterocycles. The minimum Gasteiger partial charge on any atom is -0.454 e. The third-order valence-electron chi connectivity index (χ3n) is 5.57. The minimum atomic E-state index is 0.128. The van der Waals surface area contributed by atoms with Crippen LogP contribution in [0.3, 0.4) is 0 Å². The molecule has 1 amide bonds. The number of terminal acetylenes is 1. The molecule has 3 aliphatic rings. The number of rotatable bonds is 3. The summed E-state index contributed by atoms with van der Waals surface area (Å²) in [6.45, 7) is 3.65. The predicted octanol–water partition coefficient (Wildman–Crippen LogP) is 2.42. The number of carbonyl (C=O) groups is 1. The summed E-state index contributed by atoms with van der Waals surface area (Å²) >= 11 is 0. The Morgan fingerprint density at radius 3 is 2.76 bits per heavy atom. The van der Waals surface area contributed by atoms with Gasteiger partial charge in [0.1, 0.15) is 0 Å². The number of ether oxygens (including phenoxy) is 2. The summed E-state index contributed by atoms with van der Waals surface area (Å²) in [5.74, 6) is 4.71. The van der Waals surface area contributed by atoms with Gasteiger partial charge in [-0.25, -0.2) is 0 Å². The second kappa shape index (κ2) is 6.97. The maximum absolute atomic E-state index is 13.1. The van der Waals surface area contributed by atoms with E-state index in [0.717, 1.165) is 62.4 Å². The van der Waals surface area contributed by atoms with E-state index in [1.165, 1.54) is 0 Å². The van der Waals surface area contributed by atoms with Crippen molar-refractivity contribution in [2.75, 3.05) is 33.0 Å². The highest BCUT2D eigenvalue weighted by atomic mass is 16.7. The number of amides is 1. The van der Waals surface area contributed by atoms with Crippen molar-refractivity contribution < 1.29 is 14.3 Å². The molecule has 0 bridgehead atoms. The molecule has 0 aliphatic carbocycles. The van der Waals surface area contributed by atoms with Gasteiger partial charge in [0, 0.05) is 12.5 Å². The maximum Gasteiger partial charge on any atom is 0.231 e. The van der Waals surface area contributed by atoms with Crippen LogP contribution in [0.15, 0.2) is 18.2 Å². The molecule has 2 fully saturated rings. The Morgan fingerprint density at radius 1 is 1.16 bits per heavy atom. The summed E-state index contributed by atoms with van der Waals surface area (Å²) in [4.78, 5) is 17.4. The van der Waals surface area contributed by atoms with Gasteiger partial charge in [-0.2, -0.15) is 0 Å². The summed E-state index contributed by atoms with van der Waals surface area (Å²) in [5.41, 5.74) is 1.15. The van der Waals surface area contributed by atoms with Crippen LogP contribution in [0.2, 0.25) is 0 Å². The Hall–Kier alpha value is -2.19. The van der Waals surface area contributed by atoms with E-state index in [-0.39, 0.29) is 18.8 Å². The molecule has 5 nitrogen and oxygen atoms in total. The lowest BCUT2D eigenvalue weighted by Crippen LogP contribution is -2.42. The summed E-state index contributed by atoms with van der Waals surface area (Å²) in [6.07, 6.45) is 9.28. The zero-order valence-corrected chi connectivity index (χ0v) is 14.4. The van der Waals surface area contributed by atoms with Gasteiger partial charge < -0.3 is 14.4 Å². The molecule has 25 heavy (non-hydrogen) atoms. The topological polar surface area (TPSA) is 42.0 Å². The van der Waals surface area contributed by atoms with Crippen molar-refractivity contribution in [1.29, 1.82) is 0 Å². The van der Waals surface area contributed by atoms with Gasteiger partial charge >= 0.3 is 0 Å². The Labute approximate surface area is 148 Å². The molecule has 132 valence electrons. The Morgan fingerprint density at radius 2 is 1.96 bits per heavy atom. The van der Waals surface area contributed by atoms with E-state index >= 15 is 0 Å². The number of hydrogen-bond donors (Lipinski definition) is 0. The molecule has 0 radical (unpaired) electrons. The van der Waals surface area contributed by atoms with Crippen molar-refractivity contribution in [3.05, 3.63) is 23.8 Å². The summed E-state index contributed by atoms with van der Waals surface area (Å²) < 4.78 is 10.9. The quantitative estimate of drug-likeness (QED) is 0.793. The molecule has 1 atom stereocenters. The molecule has 1 aromatic carbocycles. The average Bonchev–Trinajstić information content (AvgIpc) is 3.30. The van der Waals surface area contributed by atoms with E-state index in [0.29, 0.717) is 12.5 Å². The first kappa shape index (κ1) is 16.3. The average molecular weight is 340 g/mol. The fourth-order valence-corrected chi connectivity index (χ4v) is 4.20. The molecule has 4 rings (SSSR count). The fraction of sp³-hybridized carbons (Fsp3) is 0.550. The first-order valence-electron chi connectivity index (χ1n) is 9.12. The molecule has 0 aromatic heterocycles. The van der Waals surface area contributed by atoms with E-state index in [1.807, 2.05) is 12.1 Å². The van der Waals surface area contributed by atoms with E-state index in [2.05, 4.69) is 21.8 Å². The Balaban J connectivity index is 1.45. The molecule has 2 saturated heterocycles. The second-order valence-electron chi connectivity index (χ2n) is 7.06. The van der Waals surface area contributed by atoms with Crippen molar-refractivity contribution in [3.63, 3.8) is 0 Å². The van der Waals surface area contributed by atoms with Crippen LogP contribution < -0.4 is 9.47 Å². The van der Waals surface area contributed by atoms with Crippen molar-refractivity contribution >= 4 is 5.91 Å². The van der Waals surface area contributed by atoms with Crippen molar-refractivity contribution in [1.82, 2.24) is 9.80 Å². The molecule has 3 aliphatic heterocycles. The van der Waals surface area contributed by atoms with Crippen LogP contribution in [0.1, 0.15) is 37.3 Å². The second-order valence-corrected chi connectivity index (χ2v) is 7.06. The van der Waals surface area contributed by atoms with Crippen LogP contribution in [0.4, 0.5) is 0 Å². The van der Waals surface area contributed by atoms with Crippen LogP contribution >= 0.6 is 0 Å². The Bertz CT molecular complexity index is 689. The molecule has 0 spiro atoms. The SMILES string of the molecule is C#CCN1CCC(C(=O)N2CCC[C@H]2c2ccc3c(c2)OCO3)CC1. The van der Waals surface area contributed by atoms with Crippen LogP contribution in [0, 0.1) is 18.3 Å². The van der Waals surface area contributed by atoms with Gasteiger partial charge in [-0.05, 0) is 56.5 Å². The third kappa shape index (κ3) is 3.19. The highest BCUT2D eigenvalue weighted by Crippen LogP contribution is 2.39. The number of hydrogen-bond acceptors (Lipinski definition) is 4. The standard InChI is InChI=1S/C20H24N2O3/c1-2-9-21-11-7-15(8-12-21)20(23)22-10-3-4-17(22)16-5-6-18-19(13-16)25-14-24-18/h1,5-6,13,15,17H,3-4,7-12,14H2/t17-/m0/s1. The number of nitrogens with zero attached hydrogens (tertiary/aromatic N) is 2. The third-order valence-corrected chi connectivity index (χ3v) is 5.57. The van der Waals surface area contributed by atoms with Crippen molar-refractivity contribution in [2.24, 2.45) is 5.92 Å². The zero-order chi connectivity index (χ0) is 17.2. The van der Waals surface area contributed by atoms with Crippen molar-refractivity contribution in [2.45, 2.75) is 31.7 Å². The molecule has 0 N–H and O–H groups in total. The monoisotopic (exact) mass is 340 g/mol. The molecule has 1 aromatic rings. The molecule has 0 unspecified atom stereocenters. The number of fused-ring (bicyclic) bond motifs is 1. The smallest absolute Gasteiger partial charge is 0.231 e. The fourth-order valence-electron chi connectivity index (χ4n) is 4.20. The van der Waals surface area contributed by atoms with Crippen molar-refractivity contribution in [3.8, 4) is 23.8 Å². The van der Waals surface area contributed by atoms with Crippen LogP contribution in [0.25, 0.3) is 0 Å². The lowest BCUT2D eigenvalue weighted by molar-refractivity contribution is -0.138. The van der Waals surface area contributed by atoms with Crippen LogP contribution in [-0.2, 0) is 4.79 Å². The van der Waals surface area contributed by atoms with Gasteiger partial charge in [0.25, 0.3) is 0 Å². The Kier molecular flexibility index (Phi) is 4.54. The van der Waals surface area contributed by atoms with E-state index in [9.17, 15) is 4.79 Å². The van der Waals surface area contributed by atoms with Gasteiger partial charge in [0.2, 0.25) is 12.7 Å². The van der Waals surface area contributed by atoms with Gasteiger partial charge in [-0.15, -0.1) is 6.42 Å². The normalized spacial score (nSPS) is 23.6. The number of carbonyl (C=O) groups excluding carboxylic acids is 1. The number of likely N-dealkylation sites (tertiary alicyclic amines) is 2. The summed E-state index contributed by atoms with van der Waals surface area (Å²) in [6, 6.07) is 6.22. The van der Waals surface area contributed by atoms with E-state index in [4.69, 9.17) is 15.9 Å². The number of benzene rings is 1. The van der Waals surface area contributed by atoms with Gasteiger partial charge in [0.15, 0.2) is 11.5 Å². The lowest BCUT2D eigenvalue weighted by Gasteiger charge is -2.34. The van der Waals surface area contributed by atoms with Gasteiger partial charge in [0.05, 0.1) is 12.6 Å². The largest absolute Gasteiger partial charge is 0.454 e. The molecule has 5 heteroatoms. The van der Waals surface area contributed by atoms with Gasteiger partial charge in [-0.1, -0.05) is 12.0 Å². The lowest BCUT2D eigenvalue weighted by atomic mass is 9.94. The molecular formula is C20H24N2O3. The minimum absolute atomic E-state index is 0.128. The zero-order valence-electron chi connectivity index (χ0n) is 14.4. The van der Waals surface area contributed by atoms with Crippen LogP contribution in [-0.4, -0.2) is 48.7 Å². The van der Waals surface area contributed by atoms with Gasteiger partial charge in [-0.3, -0.25) is 9.69 Å². The van der Waals surface area contributed by atoms with E-state index in [1.54, 1.807) is 0 Å². The van der Waals surface area contributed by atoms with E-state index < -0.39 is 0 Å². The maximum atomic E-state index is 13.1. The first-order valence-corrected chi connectivity index (χ1v) is 9.12. The van der Waals surface area contributed by atoms with Crippen LogP contribution in [0.5, 0.6) is 11.5 Å². The molecule has 0 saturated carbocycles. The number of piperidine rings is 1. The predicted molar refractivity (Wildman–Crippen MR) is 94.3 cm³/mol. The first-order chi connectivity index (χ1) is 12.3. The summed E-state index contributed by atoms with van der Waals surface area (Å²) in [5, 5.41) is 0.